The number of hydrogen-bond donors (Lipinski definition) is 3. The number of carboxylic acid groups (broad SMARTS) is 1. The molecule has 7 heteroatoms. The van der Waals surface area contributed by atoms with Gasteiger partial charge in [0.1, 0.15) is 0 Å². The number of rotatable bonds is 7. The molecule has 1 aliphatic heterocycles. The first kappa shape index (κ1) is 16.7. The molecule has 0 radical (unpaired) electrons. The molecule has 1 atom stereocenters. The monoisotopic (exact) mass is 288 g/mol. The van der Waals surface area contributed by atoms with Crippen LogP contribution in [0.1, 0.15) is 33.1 Å². The van der Waals surface area contributed by atoms with Crippen LogP contribution in [-0.4, -0.2) is 65.1 Å². The fraction of sp³-hybridized carbons (Fsp3) is 0.846. The number of aliphatic hydroxyl groups is 1. The minimum absolute atomic E-state index is 0.0182. The second-order valence-electron chi connectivity index (χ2n) is 5.01. The molecule has 1 aliphatic rings. The van der Waals surface area contributed by atoms with E-state index in [1.807, 2.05) is 13.8 Å². The number of aliphatic hydroxyl groups excluding tert-OH is 1. The van der Waals surface area contributed by atoms with Crippen LogP contribution in [0.15, 0.2) is 0 Å². The van der Waals surface area contributed by atoms with Gasteiger partial charge in [0.25, 0.3) is 0 Å². The fourth-order valence-corrected chi connectivity index (χ4v) is 2.45. The highest BCUT2D eigenvalue weighted by molar-refractivity contribution is 5.86. The zero-order valence-corrected chi connectivity index (χ0v) is 12.1. The quantitative estimate of drug-likeness (QED) is 0.630. The Kier molecular flexibility index (Phi) is 6.22. The van der Waals surface area contributed by atoms with Gasteiger partial charge in [0.05, 0.1) is 13.2 Å². The molecule has 0 bridgehead atoms. The summed E-state index contributed by atoms with van der Waals surface area (Å²) in [5.41, 5.74) is -1.35. The summed E-state index contributed by atoms with van der Waals surface area (Å²) in [5.74, 6) is -1.09. The van der Waals surface area contributed by atoms with E-state index in [1.54, 1.807) is 0 Å². The number of amides is 2. The lowest BCUT2D eigenvalue weighted by Gasteiger charge is -2.33. The first-order valence-corrected chi connectivity index (χ1v) is 7.01. The van der Waals surface area contributed by atoms with Gasteiger partial charge in [-0.15, -0.1) is 0 Å². The highest BCUT2D eigenvalue weighted by atomic mass is 16.5. The van der Waals surface area contributed by atoms with E-state index in [0.29, 0.717) is 6.61 Å². The van der Waals surface area contributed by atoms with Gasteiger partial charge in [0.15, 0.2) is 5.54 Å². The van der Waals surface area contributed by atoms with Crippen molar-refractivity contribution in [3.05, 3.63) is 0 Å². The fourth-order valence-electron chi connectivity index (χ4n) is 2.45. The zero-order chi connectivity index (χ0) is 15.2. The summed E-state index contributed by atoms with van der Waals surface area (Å²) >= 11 is 0. The van der Waals surface area contributed by atoms with Gasteiger partial charge in [0, 0.05) is 25.6 Å². The lowest BCUT2D eigenvalue weighted by atomic mass is 9.99. The molecule has 1 rings (SSSR count). The molecule has 20 heavy (non-hydrogen) atoms. The van der Waals surface area contributed by atoms with Crippen LogP contribution in [0.2, 0.25) is 0 Å². The summed E-state index contributed by atoms with van der Waals surface area (Å²) in [6.45, 7) is 4.24. The van der Waals surface area contributed by atoms with Crippen molar-refractivity contribution in [2.45, 2.75) is 44.7 Å². The summed E-state index contributed by atoms with van der Waals surface area (Å²) < 4.78 is 5.11. The van der Waals surface area contributed by atoms with Gasteiger partial charge in [-0.05, 0) is 12.8 Å². The van der Waals surface area contributed by atoms with Crippen molar-refractivity contribution >= 4 is 12.0 Å². The van der Waals surface area contributed by atoms with Crippen molar-refractivity contribution in [3.8, 4) is 0 Å². The smallest absolute Gasteiger partial charge is 0.332 e. The average Bonchev–Trinajstić information content (AvgIpc) is 2.89. The maximum atomic E-state index is 12.3. The van der Waals surface area contributed by atoms with E-state index >= 15 is 0 Å². The van der Waals surface area contributed by atoms with Crippen LogP contribution in [0.5, 0.6) is 0 Å². The molecule has 1 saturated heterocycles. The van der Waals surface area contributed by atoms with E-state index in [4.69, 9.17) is 9.84 Å². The lowest BCUT2D eigenvalue weighted by Crippen LogP contribution is -2.60. The number of aliphatic carboxylic acids is 1. The van der Waals surface area contributed by atoms with Gasteiger partial charge in [0.2, 0.25) is 0 Å². The predicted molar refractivity (Wildman–Crippen MR) is 72.5 cm³/mol. The van der Waals surface area contributed by atoms with Gasteiger partial charge in [-0.3, -0.25) is 0 Å². The van der Waals surface area contributed by atoms with Gasteiger partial charge < -0.3 is 25.2 Å². The normalized spacial score (nSPS) is 22.0. The minimum Gasteiger partial charge on any atom is -0.479 e. The Labute approximate surface area is 118 Å². The Morgan fingerprint density at radius 1 is 1.40 bits per heavy atom. The molecule has 3 N–H and O–H groups in total. The van der Waals surface area contributed by atoms with E-state index in [0.717, 1.165) is 12.8 Å². The molecule has 7 nitrogen and oxygen atoms in total. The van der Waals surface area contributed by atoms with Crippen LogP contribution in [0.4, 0.5) is 4.79 Å². The van der Waals surface area contributed by atoms with Crippen LogP contribution in [0.3, 0.4) is 0 Å². The molecule has 116 valence electrons. The predicted octanol–water partition coefficient (Wildman–Crippen LogP) is 0.423. The van der Waals surface area contributed by atoms with Crippen LogP contribution in [0, 0.1) is 0 Å². The average molecular weight is 288 g/mol. The first-order valence-electron chi connectivity index (χ1n) is 7.01. The number of nitrogens with one attached hydrogen (secondary N) is 1. The third kappa shape index (κ3) is 3.61. The summed E-state index contributed by atoms with van der Waals surface area (Å²) in [6.07, 6.45) is 1.75. The Morgan fingerprint density at radius 3 is 2.45 bits per heavy atom. The number of nitrogens with zero attached hydrogens (tertiary/aromatic N) is 1. The molecule has 1 heterocycles. The van der Waals surface area contributed by atoms with E-state index in [9.17, 15) is 14.7 Å². The van der Waals surface area contributed by atoms with Crippen LogP contribution < -0.4 is 5.32 Å². The highest BCUT2D eigenvalue weighted by Crippen LogP contribution is 2.20. The number of carbonyl (C=O) groups excluding carboxylic acids is 1. The molecule has 0 spiro atoms. The Morgan fingerprint density at radius 2 is 2.05 bits per heavy atom. The van der Waals surface area contributed by atoms with Crippen molar-refractivity contribution in [1.82, 2.24) is 10.2 Å². The third-order valence-electron chi connectivity index (χ3n) is 3.76. The second-order valence-corrected chi connectivity index (χ2v) is 5.01. The molecule has 0 aliphatic carbocycles. The summed E-state index contributed by atoms with van der Waals surface area (Å²) in [6, 6.07) is -0.476. The Balaban J connectivity index is 2.81. The summed E-state index contributed by atoms with van der Waals surface area (Å²) in [5, 5.41) is 21.0. The molecular formula is C13H24N2O5. The van der Waals surface area contributed by atoms with E-state index in [2.05, 4.69) is 5.32 Å². The maximum absolute atomic E-state index is 12.3. The van der Waals surface area contributed by atoms with E-state index in [1.165, 1.54) is 4.90 Å². The molecule has 1 fully saturated rings. The number of carboxylic acids is 1. The van der Waals surface area contributed by atoms with Gasteiger partial charge in [-0.1, -0.05) is 13.8 Å². The number of hydrogen-bond acceptors (Lipinski definition) is 4. The molecule has 0 aromatic carbocycles. The second kappa shape index (κ2) is 7.44. The standard InChI is InChI=1S/C13H24N2O5/c1-3-10(4-2)15(6-7-16)12(19)14-13(11(17)18)5-8-20-9-13/h10,16H,3-9H2,1-2H3,(H,14,19)(H,17,18). The lowest BCUT2D eigenvalue weighted by molar-refractivity contribution is -0.144. The number of ether oxygens (including phenoxy) is 1. The molecule has 0 aromatic heterocycles. The molecule has 0 aromatic rings. The largest absolute Gasteiger partial charge is 0.479 e. The van der Waals surface area contributed by atoms with E-state index in [-0.39, 0.29) is 32.2 Å². The van der Waals surface area contributed by atoms with Crippen molar-refractivity contribution in [1.29, 1.82) is 0 Å². The van der Waals surface area contributed by atoms with Gasteiger partial charge in [-0.2, -0.15) is 0 Å². The molecular weight excluding hydrogens is 264 g/mol. The number of urea groups is 1. The summed E-state index contributed by atoms with van der Waals surface area (Å²) in [4.78, 5) is 25.2. The molecule has 2 amide bonds. The molecule has 0 saturated carbocycles. The van der Waals surface area contributed by atoms with Crippen LogP contribution in [-0.2, 0) is 9.53 Å². The highest BCUT2D eigenvalue weighted by Gasteiger charge is 2.45. The van der Waals surface area contributed by atoms with E-state index < -0.39 is 17.5 Å². The topological polar surface area (TPSA) is 99.1 Å². The van der Waals surface area contributed by atoms with Crippen LogP contribution >= 0.6 is 0 Å². The summed E-state index contributed by atoms with van der Waals surface area (Å²) in [7, 11) is 0. The SMILES string of the molecule is CCC(CC)N(CCO)C(=O)NC1(C(=O)O)CCOC1. The minimum atomic E-state index is -1.35. The molecule has 1 unspecified atom stereocenters. The van der Waals surface area contributed by atoms with Crippen molar-refractivity contribution in [2.75, 3.05) is 26.4 Å². The van der Waals surface area contributed by atoms with Crippen molar-refractivity contribution in [3.63, 3.8) is 0 Å². The van der Waals surface area contributed by atoms with Crippen molar-refractivity contribution in [2.24, 2.45) is 0 Å². The van der Waals surface area contributed by atoms with Crippen molar-refractivity contribution < 1.29 is 24.5 Å². The van der Waals surface area contributed by atoms with Gasteiger partial charge in [-0.25, -0.2) is 9.59 Å². The first-order chi connectivity index (χ1) is 9.50. The zero-order valence-electron chi connectivity index (χ0n) is 12.1. The van der Waals surface area contributed by atoms with Crippen LogP contribution in [0.25, 0.3) is 0 Å². The Bertz CT molecular complexity index is 338. The Hall–Kier alpha value is -1.34. The maximum Gasteiger partial charge on any atom is 0.332 e. The van der Waals surface area contributed by atoms with Gasteiger partial charge >= 0.3 is 12.0 Å². The number of carbonyl (C=O) groups is 2. The third-order valence-corrected chi connectivity index (χ3v) is 3.76.